The van der Waals surface area contributed by atoms with Gasteiger partial charge in [-0.25, -0.2) is 0 Å². The van der Waals surface area contributed by atoms with Gasteiger partial charge in [-0.05, 0) is 18.1 Å². The van der Waals surface area contributed by atoms with E-state index in [0.29, 0.717) is 18.7 Å². The first-order valence-electron chi connectivity index (χ1n) is 10.6. The molecule has 3 atom stereocenters. The van der Waals surface area contributed by atoms with E-state index in [0.717, 1.165) is 11.3 Å². The topological polar surface area (TPSA) is 127 Å². The molecule has 9 nitrogen and oxygen atoms in total. The second-order valence-corrected chi connectivity index (χ2v) is 9.14. The SMILES string of the molecule is N[C@@H](CSCc1ccccc1)C(=O)N1CCC2C1C(=O)CN2C(=O)c1ccccc1[N+](=O)[O-]. The Kier molecular flexibility index (Phi) is 6.75. The third-order valence-corrected chi connectivity index (χ3v) is 7.16. The van der Waals surface area contributed by atoms with Gasteiger partial charge in [0.2, 0.25) is 5.91 Å². The molecule has 2 amide bonds. The number of fused-ring (bicyclic) bond motifs is 1. The van der Waals surface area contributed by atoms with E-state index in [1.54, 1.807) is 17.8 Å². The fraction of sp³-hybridized carbons (Fsp3) is 0.348. The molecule has 0 aliphatic carbocycles. The normalized spacial score (nSPS) is 20.6. The first-order chi connectivity index (χ1) is 15.9. The van der Waals surface area contributed by atoms with Gasteiger partial charge in [-0.1, -0.05) is 42.5 Å². The average molecular weight is 469 g/mol. The molecule has 2 aliphatic rings. The van der Waals surface area contributed by atoms with Crippen LogP contribution in [0, 0.1) is 10.1 Å². The molecular weight excluding hydrogens is 444 g/mol. The lowest BCUT2D eigenvalue weighted by molar-refractivity contribution is -0.385. The highest BCUT2D eigenvalue weighted by Gasteiger charge is 2.52. The maximum atomic E-state index is 13.1. The number of hydrogen-bond acceptors (Lipinski definition) is 7. The number of para-hydroxylation sites is 1. The van der Waals surface area contributed by atoms with Crippen molar-refractivity contribution in [1.82, 2.24) is 9.80 Å². The number of likely N-dealkylation sites (tertiary alicyclic amines) is 2. The first-order valence-corrected chi connectivity index (χ1v) is 11.8. The Labute approximate surface area is 195 Å². The molecule has 2 aromatic rings. The molecule has 0 bridgehead atoms. The molecular formula is C23H24N4O5S. The number of nitro groups is 1. The van der Waals surface area contributed by atoms with E-state index in [-0.39, 0.29) is 29.5 Å². The third kappa shape index (κ3) is 4.62. The number of carbonyl (C=O) groups is 3. The zero-order valence-corrected chi connectivity index (χ0v) is 18.6. The third-order valence-electron chi connectivity index (χ3n) is 6.02. The fourth-order valence-electron chi connectivity index (χ4n) is 4.47. The van der Waals surface area contributed by atoms with Crippen molar-refractivity contribution in [3.05, 3.63) is 75.8 Å². The number of Topliss-reactive ketones (excluding diaryl/α,β-unsaturated/α-hetero) is 1. The van der Waals surface area contributed by atoms with Gasteiger partial charge in [0.1, 0.15) is 11.6 Å². The molecule has 10 heteroatoms. The minimum Gasteiger partial charge on any atom is -0.329 e. The van der Waals surface area contributed by atoms with Crippen molar-refractivity contribution in [2.75, 3.05) is 18.8 Å². The monoisotopic (exact) mass is 468 g/mol. The quantitative estimate of drug-likeness (QED) is 0.485. The summed E-state index contributed by atoms with van der Waals surface area (Å²) in [4.78, 5) is 52.4. The number of benzene rings is 2. The van der Waals surface area contributed by atoms with Crippen molar-refractivity contribution in [3.63, 3.8) is 0 Å². The highest BCUT2D eigenvalue weighted by Crippen LogP contribution is 2.32. The van der Waals surface area contributed by atoms with Gasteiger partial charge >= 0.3 is 0 Å². The first kappa shape index (κ1) is 22.9. The van der Waals surface area contributed by atoms with Crippen LogP contribution in [0.4, 0.5) is 5.69 Å². The Morgan fingerprint density at radius 1 is 1.12 bits per heavy atom. The van der Waals surface area contributed by atoms with Crippen molar-refractivity contribution >= 4 is 35.0 Å². The van der Waals surface area contributed by atoms with E-state index in [1.165, 1.54) is 28.0 Å². The number of rotatable bonds is 7. The van der Waals surface area contributed by atoms with Crippen LogP contribution in [0.3, 0.4) is 0 Å². The summed E-state index contributed by atoms with van der Waals surface area (Å²) in [6.45, 7) is 0.139. The van der Waals surface area contributed by atoms with Crippen LogP contribution in [0.5, 0.6) is 0 Å². The molecule has 2 aromatic carbocycles. The van der Waals surface area contributed by atoms with Crippen LogP contribution in [-0.2, 0) is 15.3 Å². The molecule has 0 radical (unpaired) electrons. The zero-order chi connectivity index (χ0) is 23.5. The Hall–Kier alpha value is -3.24. The largest absolute Gasteiger partial charge is 0.329 e. The highest BCUT2D eigenvalue weighted by molar-refractivity contribution is 7.98. The number of hydrogen-bond donors (Lipinski definition) is 1. The number of nitro benzene ring substituents is 1. The van der Waals surface area contributed by atoms with Gasteiger partial charge < -0.3 is 15.5 Å². The van der Waals surface area contributed by atoms with Gasteiger partial charge in [-0.15, -0.1) is 0 Å². The summed E-state index contributed by atoms with van der Waals surface area (Å²) in [5.74, 6) is 0.0121. The van der Waals surface area contributed by atoms with Crippen molar-refractivity contribution < 1.29 is 19.3 Å². The number of ketones is 1. The van der Waals surface area contributed by atoms with Gasteiger partial charge in [0.05, 0.1) is 23.6 Å². The van der Waals surface area contributed by atoms with Gasteiger partial charge in [-0.3, -0.25) is 24.5 Å². The van der Waals surface area contributed by atoms with E-state index in [2.05, 4.69) is 0 Å². The number of thioether (sulfide) groups is 1. The molecule has 0 saturated carbocycles. The molecule has 4 rings (SSSR count). The summed E-state index contributed by atoms with van der Waals surface area (Å²) in [6.07, 6.45) is 0.429. The van der Waals surface area contributed by atoms with E-state index >= 15 is 0 Å². The standard InChI is InChI=1S/C23H24N4O5S/c24-17(14-33-13-15-6-2-1-3-7-15)23(30)25-11-10-19-21(25)20(28)12-26(19)22(29)16-8-4-5-9-18(16)27(31)32/h1-9,17,19,21H,10-14,24H2/t17-,19?,21?/m0/s1. The summed E-state index contributed by atoms with van der Waals surface area (Å²) in [5, 5.41) is 11.3. The zero-order valence-electron chi connectivity index (χ0n) is 17.8. The maximum absolute atomic E-state index is 13.1. The Balaban J connectivity index is 1.42. The molecule has 33 heavy (non-hydrogen) atoms. The summed E-state index contributed by atoms with van der Waals surface area (Å²) in [6, 6.07) is 13.5. The van der Waals surface area contributed by atoms with E-state index in [1.807, 2.05) is 30.3 Å². The predicted molar refractivity (Wildman–Crippen MR) is 124 cm³/mol. The highest BCUT2D eigenvalue weighted by atomic mass is 32.2. The fourth-order valence-corrected chi connectivity index (χ4v) is 5.41. The van der Waals surface area contributed by atoms with Gasteiger partial charge in [0.25, 0.3) is 11.6 Å². The van der Waals surface area contributed by atoms with E-state index < -0.39 is 29.0 Å². The van der Waals surface area contributed by atoms with Crippen LogP contribution < -0.4 is 5.73 Å². The minimum absolute atomic E-state index is 0.0604. The number of carbonyl (C=O) groups excluding carboxylic acids is 3. The van der Waals surface area contributed by atoms with Gasteiger partial charge in [0, 0.05) is 24.1 Å². The lowest BCUT2D eigenvalue weighted by Gasteiger charge is -2.26. The van der Waals surface area contributed by atoms with Crippen molar-refractivity contribution in [2.24, 2.45) is 5.73 Å². The molecule has 2 fully saturated rings. The summed E-state index contributed by atoms with van der Waals surface area (Å²) in [5.41, 5.74) is 6.92. The molecule has 2 N–H and O–H groups in total. The second-order valence-electron chi connectivity index (χ2n) is 8.11. The minimum atomic E-state index is -0.759. The van der Waals surface area contributed by atoms with Crippen LogP contribution >= 0.6 is 11.8 Å². The molecule has 2 aliphatic heterocycles. The van der Waals surface area contributed by atoms with Crippen LogP contribution in [0.1, 0.15) is 22.3 Å². The smallest absolute Gasteiger partial charge is 0.282 e. The lowest BCUT2D eigenvalue weighted by Crippen LogP contribution is -2.50. The number of amides is 2. The van der Waals surface area contributed by atoms with Crippen molar-refractivity contribution in [2.45, 2.75) is 30.3 Å². The van der Waals surface area contributed by atoms with Crippen LogP contribution in [0.15, 0.2) is 54.6 Å². The molecule has 172 valence electrons. The Bertz CT molecular complexity index is 1080. The average Bonchev–Trinajstić information content (AvgIpc) is 3.40. The van der Waals surface area contributed by atoms with Crippen LogP contribution in [0.25, 0.3) is 0 Å². The lowest BCUT2D eigenvalue weighted by atomic mass is 10.1. The van der Waals surface area contributed by atoms with E-state index in [4.69, 9.17) is 5.73 Å². The van der Waals surface area contributed by atoms with Crippen LogP contribution in [0.2, 0.25) is 0 Å². The maximum Gasteiger partial charge on any atom is 0.282 e. The summed E-state index contributed by atoms with van der Waals surface area (Å²) in [7, 11) is 0. The number of nitrogens with zero attached hydrogens (tertiary/aromatic N) is 3. The van der Waals surface area contributed by atoms with Crippen molar-refractivity contribution in [1.29, 1.82) is 0 Å². The Morgan fingerprint density at radius 2 is 1.82 bits per heavy atom. The van der Waals surface area contributed by atoms with Crippen molar-refractivity contribution in [3.8, 4) is 0 Å². The van der Waals surface area contributed by atoms with E-state index in [9.17, 15) is 24.5 Å². The Morgan fingerprint density at radius 3 is 2.55 bits per heavy atom. The molecule has 2 unspecified atom stereocenters. The predicted octanol–water partition coefficient (Wildman–Crippen LogP) is 1.85. The molecule has 0 aromatic heterocycles. The van der Waals surface area contributed by atoms with Gasteiger partial charge in [-0.2, -0.15) is 11.8 Å². The second kappa shape index (κ2) is 9.72. The molecule has 0 spiro atoms. The van der Waals surface area contributed by atoms with Crippen LogP contribution in [-0.4, -0.2) is 69.3 Å². The van der Waals surface area contributed by atoms with Gasteiger partial charge in [0.15, 0.2) is 5.78 Å². The summed E-state index contributed by atoms with van der Waals surface area (Å²) >= 11 is 1.55. The number of nitrogens with two attached hydrogens (primary N) is 1. The summed E-state index contributed by atoms with van der Waals surface area (Å²) < 4.78 is 0. The molecule has 2 heterocycles. The molecule has 2 saturated heterocycles.